The van der Waals surface area contributed by atoms with E-state index in [2.05, 4.69) is 34.6 Å². The average Bonchev–Trinajstić information content (AvgIpc) is 3.36. The summed E-state index contributed by atoms with van der Waals surface area (Å²) in [7, 11) is 0. The molecule has 0 amide bonds. The van der Waals surface area contributed by atoms with Crippen LogP contribution >= 0.6 is 0 Å². The van der Waals surface area contributed by atoms with Gasteiger partial charge in [-0.25, -0.2) is 0 Å². The van der Waals surface area contributed by atoms with Crippen molar-refractivity contribution in [3.8, 4) is 0 Å². The van der Waals surface area contributed by atoms with Crippen molar-refractivity contribution < 1.29 is 28.6 Å². The maximum atomic E-state index is 12.9. The second-order valence-electron chi connectivity index (χ2n) is 23.1. The minimum Gasteiger partial charge on any atom is -0.462 e. The summed E-state index contributed by atoms with van der Waals surface area (Å²) >= 11 is 0. The third-order valence-corrected chi connectivity index (χ3v) is 15.3. The van der Waals surface area contributed by atoms with Gasteiger partial charge in [0.15, 0.2) is 6.10 Å². The van der Waals surface area contributed by atoms with Gasteiger partial charge in [0.25, 0.3) is 0 Å². The van der Waals surface area contributed by atoms with Crippen molar-refractivity contribution in [1.82, 2.24) is 0 Å². The number of unbranched alkanes of at least 4 members (excludes halogenated alkanes) is 43. The molecular formula is C65H126O6. The van der Waals surface area contributed by atoms with Crippen LogP contribution in [0.2, 0.25) is 0 Å². The average molecular weight is 1000 g/mol. The molecule has 71 heavy (non-hydrogen) atoms. The van der Waals surface area contributed by atoms with Crippen molar-refractivity contribution in [2.24, 2.45) is 11.8 Å². The number of carbonyl (C=O) groups is 3. The van der Waals surface area contributed by atoms with E-state index in [0.29, 0.717) is 19.3 Å². The van der Waals surface area contributed by atoms with Crippen LogP contribution in [0, 0.1) is 11.8 Å². The van der Waals surface area contributed by atoms with Crippen molar-refractivity contribution in [1.29, 1.82) is 0 Å². The first-order valence-corrected chi connectivity index (χ1v) is 32.3. The highest BCUT2D eigenvalue weighted by Gasteiger charge is 2.19. The van der Waals surface area contributed by atoms with Gasteiger partial charge in [-0.2, -0.15) is 0 Å². The van der Waals surface area contributed by atoms with Crippen LogP contribution in [0.3, 0.4) is 0 Å². The summed E-state index contributed by atoms with van der Waals surface area (Å²) in [5, 5.41) is 0. The van der Waals surface area contributed by atoms with Gasteiger partial charge in [-0.3, -0.25) is 14.4 Å². The molecule has 0 N–H and O–H groups in total. The molecular weight excluding hydrogens is 877 g/mol. The molecule has 0 aliphatic heterocycles. The van der Waals surface area contributed by atoms with Gasteiger partial charge in [0.05, 0.1) is 0 Å². The third kappa shape index (κ3) is 57.5. The van der Waals surface area contributed by atoms with Crippen LogP contribution in [0.4, 0.5) is 0 Å². The summed E-state index contributed by atoms with van der Waals surface area (Å²) in [5.41, 5.74) is 0. The van der Waals surface area contributed by atoms with Gasteiger partial charge >= 0.3 is 17.9 Å². The zero-order valence-corrected chi connectivity index (χ0v) is 48.9. The third-order valence-electron chi connectivity index (χ3n) is 15.3. The van der Waals surface area contributed by atoms with E-state index >= 15 is 0 Å². The van der Waals surface area contributed by atoms with Crippen LogP contribution in [0.15, 0.2) is 0 Å². The Hall–Kier alpha value is -1.59. The summed E-state index contributed by atoms with van der Waals surface area (Å²) in [6, 6.07) is 0. The summed E-state index contributed by atoms with van der Waals surface area (Å²) in [4.78, 5) is 38.3. The second kappa shape index (κ2) is 57.7. The summed E-state index contributed by atoms with van der Waals surface area (Å²) in [5.74, 6) is 0.924. The highest BCUT2D eigenvalue weighted by atomic mass is 16.6. The normalized spacial score (nSPS) is 12.4. The number of hydrogen-bond acceptors (Lipinski definition) is 6. The zero-order valence-electron chi connectivity index (χ0n) is 48.9. The quantitative estimate of drug-likeness (QED) is 0.0343. The molecule has 0 aliphatic rings. The molecule has 2 atom stereocenters. The van der Waals surface area contributed by atoms with E-state index in [-0.39, 0.29) is 31.1 Å². The van der Waals surface area contributed by atoms with Gasteiger partial charge in [-0.05, 0) is 31.1 Å². The minimum absolute atomic E-state index is 0.0617. The molecule has 0 radical (unpaired) electrons. The van der Waals surface area contributed by atoms with Gasteiger partial charge in [-0.1, -0.05) is 330 Å². The van der Waals surface area contributed by atoms with E-state index in [1.807, 2.05) is 0 Å². The molecule has 0 bridgehead atoms. The first-order chi connectivity index (χ1) is 34.8. The highest BCUT2D eigenvalue weighted by molar-refractivity contribution is 5.71. The predicted molar refractivity (Wildman–Crippen MR) is 307 cm³/mol. The smallest absolute Gasteiger partial charge is 0.306 e. The number of rotatable bonds is 59. The molecule has 0 saturated heterocycles. The number of ether oxygens (including phenoxy) is 3. The molecule has 0 aromatic rings. The van der Waals surface area contributed by atoms with E-state index in [9.17, 15) is 14.4 Å². The Labute approximate surface area is 444 Å². The molecule has 0 fully saturated rings. The SMILES string of the molecule is CCCCCCCCCCCCCCCCC(=O)O[C@H](COC(=O)CCCCCCCCCCCCCCCCCCCCC(C)CC)COC(=O)CCCCCCCCCCCCCCCCC(C)C. The van der Waals surface area contributed by atoms with Gasteiger partial charge in [0.2, 0.25) is 0 Å². The van der Waals surface area contributed by atoms with Crippen LogP contribution in [0.5, 0.6) is 0 Å². The van der Waals surface area contributed by atoms with Crippen molar-refractivity contribution in [2.45, 2.75) is 375 Å². The van der Waals surface area contributed by atoms with Crippen LogP contribution < -0.4 is 0 Å². The van der Waals surface area contributed by atoms with Crippen molar-refractivity contribution >= 4 is 17.9 Å². The molecule has 0 rings (SSSR count). The fourth-order valence-electron chi connectivity index (χ4n) is 10.1. The first-order valence-electron chi connectivity index (χ1n) is 32.3. The van der Waals surface area contributed by atoms with E-state index in [4.69, 9.17) is 14.2 Å². The van der Waals surface area contributed by atoms with E-state index in [1.54, 1.807) is 0 Å². The molecule has 0 aromatic heterocycles. The molecule has 0 heterocycles. The number of hydrogen-bond donors (Lipinski definition) is 0. The Morgan fingerprint density at radius 1 is 0.296 bits per heavy atom. The van der Waals surface area contributed by atoms with E-state index in [0.717, 1.165) is 69.6 Å². The Balaban J connectivity index is 4.24. The number of esters is 3. The Morgan fingerprint density at radius 2 is 0.535 bits per heavy atom. The molecule has 0 saturated carbocycles. The molecule has 6 heteroatoms. The Kier molecular flexibility index (Phi) is 56.4. The molecule has 422 valence electrons. The van der Waals surface area contributed by atoms with Gasteiger partial charge in [0, 0.05) is 19.3 Å². The maximum Gasteiger partial charge on any atom is 0.306 e. The van der Waals surface area contributed by atoms with Gasteiger partial charge in [-0.15, -0.1) is 0 Å². The molecule has 0 aliphatic carbocycles. The monoisotopic (exact) mass is 1000 g/mol. The largest absolute Gasteiger partial charge is 0.462 e. The fraction of sp³-hybridized carbons (Fsp3) is 0.954. The van der Waals surface area contributed by atoms with Crippen molar-refractivity contribution in [3.63, 3.8) is 0 Å². The van der Waals surface area contributed by atoms with E-state index in [1.165, 1.54) is 257 Å². The lowest BCUT2D eigenvalue weighted by Crippen LogP contribution is -2.30. The lowest BCUT2D eigenvalue weighted by molar-refractivity contribution is -0.167. The molecule has 0 spiro atoms. The van der Waals surface area contributed by atoms with Gasteiger partial charge < -0.3 is 14.2 Å². The lowest BCUT2D eigenvalue weighted by atomic mass is 9.99. The van der Waals surface area contributed by atoms with E-state index < -0.39 is 6.10 Å². The lowest BCUT2D eigenvalue weighted by Gasteiger charge is -2.18. The summed E-state index contributed by atoms with van der Waals surface area (Å²) in [6.45, 7) is 11.5. The van der Waals surface area contributed by atoms with Crippen molar-refractivity contribution in [3.05, 3.63) is 0 Å². The standard InChI is InChI=1S/C65H126O6/c1-6-8-9-10-11-12-13-14-25-32-37-42-47-52-57-65(68)71-62(59-70-64(67)56-51-46-41-36-31-27-22-21-23-28-33-38-43-48-53-60(3)4)58-69-63(66)55-50-45-40-35-30-26-20-18-16-15-17-19-24-29-34-39-44-49-54-61(5)7-2/h60-62H,6-59H2,1-5H3/t61?,62-/m1/s1. The number of carbonyl (C=O) groups excluding carboxylic acids is 3. The van der Waals surface area contributed by atoms with Crippen molar-refractivity contribution in [2.75, 3.05) is 13.2 Å². The molecule has 0 aromatic carbocycles. The van der Waals surface area contributed by atoms with Crippen LogP contribution in [-0.2, 0) is 28.6 Å². The second-order valence-corrected chi connectivity index (χ2v) is 23.1. The molecule has 1 unspecified atom stereocenters. The molecule has 6 nitrogen and oxygen atoms in total. The summed E-state index contributed by atoms with van der Waals surface area (Å²) in [6.07, 6.45) is 63.8. The Bertz CT molecular complexity index is 1090. The zero-order chi connectivity index (χ0) is 51.8. The first kappa shape index (κ1) is 69.4. The Morgan fingerprint density at radius 3 is 0.803 bits per heavy atom. The highest BCUT2D eigenvalue weighted by Crippen LogP contribution is 2.19. The topological polar surface area (TPSA) is 78.9 Å². The van der Waals surface area contributed by atoms with Crippen LogP contribution in [-0.4, -0.2) is 37.2 Å². The maximum absolute atomic E-state index is 12.9. The minimum atomic E-state index is -0.763. The van der Waals surface area contributed by atoms with Crippen LogP contribution in [0.25, 0.3) is 0 Å². The summed E-state index contributed by atoms with van der Waals surface area (Å²) < 4.78 is 17.0. The van der Waals surface area contributed by atoms with Gasteiger partial charge in [0.1, 0.15) is 13.2 Å². The predicted octanol–water partition coefficient (Wildman–Crippen LogP) is 21.6. The van der Waals surface area contributed by atoms with Crippen LogP contribution in [0.1, 0.15) is 369 Å². The fourth-order valence-corrected chi connectivity index (χ4v) is 10.1.